The second kappa shape index (κ2) is 5.42. The molecule has 1 atom stereocenters. The fourth-order valence-electron chi connectivity index (χ4n) is 2.83. The molecule has 0 aliphatic carbocycles. The van der Waals surface area contributed by atoms with Gasteiger partial charge in [-0.25, -0.2) is 0 Å². The number of rotatable bonds is 4. The summed E-state index contributed by atoms with van der Waals surface area (Å²) in [5.41, 5.74) is 8.93. The second-order valence-electron chi connectivity index (χ2n) is 5.32. The minimum atomic E-state index is 0.170. The van der Waals surface area contributed by atoms with Gasteiger partial charge in [0.15, 0.2) is 0 Å². The van der Waals surface area contributed by atoms with Gasteiger partial charge >= 0.3 is 0 Å². The predicted molar refractivity (Wildman–Crippen MR) is 77.4 cm³/mol. The number of hydrogen-bond acceptors (Lipinski definition) is 2. The van der Waals surface area contributed by atoms with Crippen LogP contribution in [0.1, 0.15) is 37.3 Å². The third-order valence-corrected chi connectivity index (χ3v) is 3.77. The summed E-state index contributed by atoms with van der Waals surface area (Å²) in [5.74, 6) is 0.972. The Hall–Kier alpha value is -1.51. The van der Waals surface area contributed by atoms with Crippen LogP contribution in [0.3, 0.4) is 0 Å². The Labute approximate surface area is 109 Å². The number of nitrogen functional groups attached to an aromatic ring is 1. The Kier molecular flexibility index (Phi) is 3.90. The Balaban J connectivity index is 2.23. The number of nitrogens with two attached hydrogens (primary N) is 1. The number of anilines is 1. The molecule has 0 spiro atoms. The van der Waals surface area contributed by atoms with E-state index in [9.17, 15) is 0 Å². The minimum Gasteiger partial charge on any atom is -0.384 e. The van der Waals surface area contributed by atoms with E-state index in [1.54, 1.807) is 0 Å². The van der Waals surface area contributed by atoms with E-state index in [-0.39, 0.29) is 5.84 Å². The number of aryl methyl sites for hydroxylation is 1. The van der Waals surface area contributed by atoms with Gasteiger partial charge < -0.3 is 10.6 Å². The molecule has 18 heavy (non-hydrogen) atoms. The van der Waals surface area contributed by atoms with Crippen LogP contribution in [0.4, 0.5) is 5.69 Å². The summed E-state index contributed by atoms with van der Waals surface area (Å²) >= 11 is 0. The smallest absolute Gasteiger partial charge is 0.124 e. The SMILES string of the molecule is CCCC1CCN(c2cc(C)ccc2C(=N)N)C1. The van der Waals surface area contributed by atoms with E-state index in [1.807, 2.05) is 12.1 Å². The highest BCUT2D eigenvalue weighted by Crippen LogP contribution is 2.29. The van der Waals surface area contributed by atoms with Gasteiger partial charge in [-0.15, -0.1) is 0 Å². The van der Waals surface area contributed by atoms with Crippen LogP contribution >= 0.6 is 0 Å². The summed E-state index contributed by atoms with van der Waals surface area (Å²) in [6, 6.07) is 6.16. The first-order valence-electron chi connectivity index (χ1n) is 6.81. The number of amidine groups is 1. The van der Waals surface area contributed by atoms with Crippen LogP contribution in [0.15, 0.2) is 18.2 Å². The molecule has 0 aromatic heterocycles. The Bertz CT molecular complexity index is 439. The van der Waals surface area contributed by atoms with Crippen molar-refractivity contribution in [3.8, 4) is 0 Å². The number of nitrogens with one attached hydrogen (secondary N) is 1. The van der Waals surface area contributed by atoms with E-state index in [1.165, 1.54) is 24.8 Å². The van der Waals surface area contributed by atoms with Gasteiger partial charge in [0.1, 0.15) is 5.84 Å². The monoisotopic (exact) mass is 245 g/mol. The lowest BCUT2D eigenvalue weighted by Crippen LogP contribution is -2.24. The lowest BCUT2D eigenvalue weighted by Gasteiger charge is -2.22. The third-order valence-electron chi connectivity index (χ3n) is 3.77. The van der Waals surface area contributed by atoms with Crippen molar-refractivity contribution in [2.75, 3.05) is 18.0 Å². The van der Waals surface area contributed by atoms with Crippen LogP contribution in [0, 0.1) is 18.3 Å². The zero-order valence-corrected chi connectivity index (χ0v) is 11.4. The van der Waals surface area contributed by atoms with Gasteiger partial charge in [0.05, 0.1) is 0 Å². The predicted octanol–water partition coefficient (Wildman–Crippen LogP) is 2.91. The van der Waals surface area contributed by atoms with Crippen LogP contribution in [0.2, 0.25) is 0 Å². The molecule has 1 saturated heterocycles. The molecular weight excluding hydrogens is 222 g/mol. The van der Waals surface area contributed by atoms with Crippen molar-refractivity contribution in [1.82, 2.24) is 0 Å². The average molecular weight is 245 g/mol. The number of benzene rings is 1. The maximum Gasteiger partial charge on any atom is 0.124 e. The quantitative estimate of drug-likeness (QED) is 0.633. The van der Waals surface area contributed by atoms with Crippen molar-refractivity contribution in [2.24, 2.45) is 11.7 Å². The Morgan fingerprint density at radius 2 is 2.28 bits per heavy atom. The first-order chi connectivity index (χ1) is 8.61. The molecule has 0 amide bonds. The standard InChI is InChI=1S/C15H23N3/c1-3-4-12-7-8-18(10-12)14-9-11(2)5-6-13(14)15(16)17/h5-6,9,12H,3-4,7-8,10H2,1-2H3,(H3,16,17). The van der Waals surface area contributed by atoms with Crippen molar-refractivity contribution >= 4 is 11.5 Å². The molecule has 1 aromatic rings. The lowest BCUT2D eigenvalue weighted by atomic mass is 10.0. The molecule has 1 aliphatic heterocycles. The number of nitrogens with zero attached hydrogens (tertiary/aromatic N) is 1. The summed E-state index contributed by atoms with van der Waals surface area (Å²) in [4.78, 5) is 2.39. The van der Waals surface area contributed by atoms with E-state index in [4.69, 9.17) is 11.1 Å². The van der Waals surface area contributed by atoms with Gasteiger partial charge in [0, 0.05) is 24.3 Å². The molecule has 0 saturated carbocycles. The molecule has 1 fully saturated rings. The van der Waals surface area contributed by atoms with Crippen molar-refractivity contribution in [1.29, 1.82) is 5.41 Å². The molecular formula is C15H23N3. The van der Waals surface area contributed by atoms with Gasteiger partial charge in [0.25, 0.3) is 0 Å². The summed E-state index contributed by atoms with van der Waals surface area (Å²) in [5, 5.41) is 7.69. The topological polar surface area (TPSA) is 53.1 Å². The molecule has 0 radical (unpaired) electrons. The summed E-state index contributed by atoms with van der Waals surface area (Å²) in [7, 11) is 0. The van der Waals surface area contributed by atoms with Crippen LogP contribution < -0.4 is 10.6 Å². The van der Waals surface area contributed by atoms with Crippen LogP contribution in [0.5, 0.6) is 0 Å². The van der Waals surface area contributed by atoms with Crippen molar-refractivity contribution in [2.45, 2.75) is 33.1 Å². The maximum absolute atomic E-state index is 7.69. The Morgan fingerprint density at radius 1 is 1.50 bits per heavy atom. The van der Waals surface area contributed by atoms with Crippen molar-refractivity contribution in [3.05, 3.63) is 29.3 Å². The summed E-state index contributed by atoms with van der Waals surface area (Å²) in [6.07, 6.45) is 3.82. The van der Waals surface area contributed by atoms with E-state index in [0.717, 1.165) is 30.3 Å². The molecule has 1 unspecified atom stereocenters. The second-order valence-corrected chi connectivity index (χ2v) is 5.32. The molecule has 1 aromatic carbocycles. The van der Waals surface area contributed by atoms with Gasteiger partial charge in [-0.05, 0) is 43.4 Å². The van der Waals surface area contributed by atoms with Crippen LogP contribution in [-0.2, 0) is 0 Å². The molecule has 0 bridgehead atoms. The van der Waals surface area contributed by atoms with Gasteiger partial charge in [-0.2, -0.15) is 0 Å². The molecule has 3 heteroatoms. The highest BCUT2D eigenvalue weighted by atomic mass is 15.2. The van der Waals surface area contributed by atoms with Gasteiger partial charge in [-0.3, -0.25) is 5.41 Å². The Morgan fingerprint density at radius 3 is 2.94 bits per heavy atom. The van der Waals surface area contributed by atoms with Crippen LogP contribution in [0.25, 0.3) is 0 Å². The zero-order chi connectivity index (χ0) is 13.1. The number of hydrogen-bond donors (Lipinski definition) is 2. The lowest BCUT2D eigenvalue weighted by molar-refractivity contribution is 0.530. The molecule has 2 rings (SSSR count). The average Bonchev–Trinajstić information content (AvgIpc) is 2.77. The van der Waals surface area contributed by atoms with Crippen molar-refractivity contribution < 1.29 is 0 Å². The van der Waals surface area contributed by atoms with E-state index in [0.29, 0.717) is 0 Å². The molecule has 1 heterocycles. The third kappa shape index (κ3) is 2.66. The maximum atomic E-state index is 7.69. The fraction of sp³-hybridized carbons (Fsp3) is 0.533. The molecule has 98 valence electrons. The first kappa shape index (κ1) is 12.9. The van der Waals surface area contributed by atoms with Crippen molar-refractivity contribution in [3.63, 3.8) is 0 Å². The van der Waals surface area contributed by atoms with E-state index < -0.39 is 0 Å². The molecule has 1 aliphatic rings. The van der Waals surface area contributed by atoms with Gasteiger partial charge in [0.2, 0.25) is 0 Å². The fourth-order valence-corrected chi connectivity index (χ4v) is 2.83. The minimum absolute atomic E-state index is 0.170. The first-order valence-corrected chi connectivity index (χ1v) is 6.81. The highest BCUT2D eigenvalue weighted by molar-refractivity contribution is 6.00. The van der Waals surface area contributed by atoms with E-state index in [2.05, 4.69) is 24.8 Å². The van der Waals surface area contributed by atoms with Gasteiger partial charge in [-0.1, -0.05) is 19.4 Å². The van der Waals surface area contributed by atoms with Crippen LogP contribution in [-0.4, -0.2) is 18.9 Å². The highest BCUT2D eigenvalue weighted by Gasteiger charge is 2.24. The van der Waals surface area contributed by atoms with E-state index >= 15 is 0 Å². The normalized spacial score (nSPS) is 19.2. The largest absolute Gasteiger partial charge is 0.384 e. The molecule has 3 N–H and O–H groups in total. The summed E-state index contributed by atoms with van der Waals surface area (Å²) < 4.78 is 0. The molecule has 3 nitrogen and oxygen atoms in total. The zero-order valence-electron chi connectivity index (χ0n) is 11.4. The summed E-state index contributed by atoms with van der Waals surface area (Å²) in [6.45, 7) is 6.54.